The molecule has 1 aromatic heterocycles. The number of esters is 1. The van der Waals surface area contributed by atoms with Gasteiger partial charge in [-0.25, -0.2) is 4.79 Å². The van der Waals surface area contributed by atoms with Gasteiger partial charge in [-0.15, -0.1) is 12.4 Å². The summed E-state index contributed by atoms with van der Waals surface area (Å²) in [6, 6.07) is 14.7. The number of fused-ring (bicyclic) bond motifs is 1. The molecular weight excluding hydrogens is 347 g/mol. The van der Waals surface area contributed by atoms with E-state index in [0.29, 0.717) is 10.6 Å². The molecule has 0 fully saturated rings. The van der Waals surface area contributed by atoms with E-state index in [1.165, 1.54) is 7.11 Å². The number of carbonyl (C=O) groups excluding carboxylic acids is 1. The second-order valence-corrected chi connectivity index (χ2v) is 5.60. The molecule has 0 amide bonds. The zero-order chi connectivity index (χ0) is 16.4. The molecule has 3 aromatic rings. The molecule has 0 bridgehead atoms. The van der Waals surface area contributed by atoms with Crippen LogP contribution in [0.25, 0.3) is 10.9 Å². The Morgan fingerprint density at radius 1 is 1.12 bits per heavy atom. The van der Waals surface area contributed by atoms with Gasteiger partial charge in [0.2, 0.25) is 0 Å². The van der Waals surface area contributed by atoms with Crippen molar-refractivity contribution in [1.29, 1.82) is 0 Å². The van der Waals surface area contributed by atoms with Crippen LogP contribution in [0.2, 0.25) is 5.02 Å². The van der Waals surface area contributed by atoms with Crippen LogP contribution in [0.1, 0.15) is 16.1 Å². The Bertz CT molecular complexity index is 875. The number of methoxy groups -OCH3 is 1. The van der Waals surface area contributed by atoms with Crippen molar-refractivity contribution in [2.24, 2.45) is 0 Å². The number of aromatic nitrogens is 1. The van der Waals surface area contributed by atoms with Gasteiger partial charge in [0.1, 0.15) is 0 Å². The quantitative estimate of drug-likeness (QED) is 0.654. The maximum atomic E-state index is 11.5. The van der Waals surface area contributed by atoms with E-state index in [1.54, 1.807) is 12.1 Å². The van der Waals surface area contributed by atoms with Gasteiger partial charge in [-0.05, 0) is 55.5 Å². The first-order chi connectivity index (χ1) is 11.1. The third-order valence-electron chi connectivity index (χ3n) is 3.48. The fourth-order valence-corrected chi connectivity index (χ4v) is 2.57. The maximum Gasteiger partial charge on any atom is 0.337 e. The second-order valence-electron chi connectivity index (χ2n) is 5.17. The smallest absolute Gasteiger partial charge is 0.337 e. The molecule has 0 unspecified atom stereocenters. The van der Waals surface area contributed by atoms with E-state index < -0.39 is 0 Å². The molecule has 6 heteroatoms. The Kier molecular flexibility index (Phi) is 5.65. The average Bonchev–Trinajstić information content (AvgIpc) is 2.54. The number of pyridine rings is 1. The number of halogens is 2. The van der Waals surface area contributed by atoms with Gasteiger partial charge in [0, 0.05) is 27.5 Å². The number of nitrogens with zero attached hydrogens (tertiary/aromatic N) is 1. The van der Waals surface area contributed by atoms with E-state index in [9.17, 15) is 4.79 Å². The van der Waals surface area contributed by atoms with E-state index >= 15 is 0 Å². The molecular formula is C18H16Cl2N2O2. The lowest BCUT2D eigenvalue weighted by Crippen LogP contribution is -2.01. The minimum atomic E-state index is -0.351. The number of ether oxygens (including phenoxy) is 1. The largest absolute Gasteiger partial charge is 0.465 e. The van der Waals surface area contributed by atoms with Crippen LogP contribution >= 0.6 is 24.0 Å². The lowest BCUT2D eigenvalue weighted by Gasteiger charge is -2.11. The molecule has 0 atom stereocenters. The lowest BCUT2D eigenvalue weighted by atomic mass is 10.1. The molecule has 24 heavy (non-hydrogen) atoms. The van der Waals surface area contributed by atoms with Gasteiger partial charge in [-0.3, -0.25) is 4.98 Å². The Balaban J connectivity index is 0.00000208. The fraction of sp³-hybridized carbons (Fsp3) is 0.111. The van der Waals surface area contributed by atoms with Gasteiger partial charge in [0.25, 0.3) is 0 Å². The van der Waals surface area contributed by atoms with Crippen molar-refractivity contribution < 1.29 is 9.53 Å². The normalized spacial score (nSPS) is 10.1. The number of rotatable bonds is 3. The minimum absolute atomic E-state index is 0. The van der Waals surface area contributed by atoms with Crippen LogP contribution in [0, 0.1) is 6.92 Å². The first-order valence-electron chi connectivity index (χ1n) is 7.09. The van der Waals surface area contributed by atoms with Crippen LogP contribution in [-0.2, 0) is 4.74 Å². The van der Waals surface area contributed by atoms with Crippen LogP contribution in [-0.4, -0.2) is 18.1 Å². The van der Waals surface area contributed by atoms with Gasteiger partial charge in [0.05, 0.1) is 18.2 Å². The standard InChI is InChI=1S/C18H15ClN2O2.ClH/c1-11-9-16(15-8-5-13(19)10-17(15)20-11)21-14-6-3-12(4-7-14)18(22)23-2;/h3-10H,1-2H3,(H,20,21);1H. The molecule has 0 aliphatic carbocycles. The molecule has 1 N–H and O–H groups in total. The summed E-state index contributed by atoms with van der Waals surface area (Å²) in [7, 11) is 1.37. The number of carbonyl (C=O) groups is 1. The van der Waals surface area contributed by atoms with Gasteiger partial charge < -0.3 is 10.1 Å². The van der Waals surface area contributed by atoms with E-state index in [2.05, 4.69) is 10.3 Å². The van der Waals surface area contributed by atoms with Crippen molar-refractivity contribution in [3.8, 4) is 0 Å². The minimum Gasteiger partial charge on any atom is -0.465 e. The Labute approximate surface area is 151 Å². The highest BCUT2D eigenvalue weighted by atomic mass is 35.5. The zero-order valence-electron chi connectivity index (χ0n) is 13.2. The molecule has 0 saturated carbocycles. The molecule has 4 nitrogen and oxygen atoms in total. The first-order valence-corrected chi connectivity index (χ1v) is 7.47. The fourth-order valence-electron chi connectivity index (χ4n) is 2.40. The molecule has 124 valence electrons. The Morgan fingerprint density at radius 2 is 1.83 bits per heavy atom. The Morgan fingerprint density at radius 3 is 2.50 bits per heavy atom. The van der Waals surface area contributed by atoms with E-state index in [1.807, 2.05) is 43.3 Å². The molecule has 0 spiro atoms. The molecule has 3 rings (SSSR count). The number of hydrogen-bond acceptors (Lipinski definition) is 4. The predicted molar refractivity (Wildman–Crippen MR) is 99.8 cm³/mol. The number of nitrogens with one attached hydrogen (secondary N) is 1. The van der Waals surface area contributed by atoms with E-state index in [0.717, 1.165) is 28.0 Å². The Hall–Kier alpha value is -2.30. The van der Waals surface area contributed by atoms with Crippen LogP contribution in [0.3, 0.4) is 0 Å². The zero-order valence-corrected chi connectivity index (χ0v) is 14.7. The topological polar surface area (TPSA) is 51.2 Å². The van der Waals surface area contributed by atoms with Crippen molar-refractivity contribution in [3.05, 3.63) is 64.8 Å². The highest BCUT2D eigenvalue weighted by Gasteiger charge is 2.07. The third-order valence-corrected chi connectivity index (χ3v) is 3.72. The van der Waals surface area contributed by atoms with Gasteiger partial charge in [-0.1, -0.05) is 11.6 Å². The summed E-state index contributed by atoms with van der Waals surface area (Å²) < 4.78 is 4.70. The van der Waals surface area contributed by atoms with E-state index in [4.69, 9.17) is 16.3 Å². The number of benzene rings is 2. The van der Waals surface area contributed by atoms with Gasteiger partial charge >= 0.3 is 5.97 Å². The highest BCUT2D eigenvalue weighted by Crippen LogP contribution is 2.28. The summed E-state index contributed by atoms with van der Waals surface area (Å²) in [5.74, 6) is -0.351. The van der Waals surface area contributed by atoms with Crippen molar-refractivity contribution in [2.75, 3.05) is 12.4 Å². The second kappa shape index (κ2) is 7.51. The lowest BCUT2D eigenvalue weighted by molar-refractivity contribution is 0.0601. The van der Waals surface area contributed by atoms with Gasteiger partial charge in [0.15, 0.2) is 0 Å². The van der Waals surface area contributed by atoms with Crippen molar-refractivity contribution in [2.45, 2.75) is 6.92 Å². The number of aryl methyl sites for hydroxylation is 1. The number of anilines is 2. The van der Waals surface area contributed by atoms with Crippen molar-refractivity contribution in [3.63, 3.8) is 0 Å². The van der Waals surface area contributed by atoms with Crippen LogP contribution < -0.4 is 5.32 Å². The van der Waals surface area contributed by atoms with Crippen LogP contribution in [0.5, 0.6) is 0 Å². The molecule has 1 heterocycles. The third kappa shape index (κ3) is 3.78. The SMILES string of the molecule is COC(=O)c1ccc(Nc2cc(C)nc3cc(Cl)ccc23)cc1.Cl. The summed E-state index contributed by atoms with van der Waals surface area (Å²) in [4.78, 5) is 16.0. The maximum absolute atomic E-state index is 11.5. The predicted octanol–water partition coefficient (Wildman–Crippen LogP) is 5.15. The van der Waals surface area contributed by atoms with Crippen LogP contribution in [0.4, 0.5) is 11.4 Å². The number of hydrogen-bond donors (Lipinski definition) is 1. The molecule has 2 aromatic carbocycles. The monoisotopic (exact) mass is 362 g/mol. The van der Waals surface area contributed by atoms with E-state index in [-0.39, 0.29) is 18.4 Å². The summed E-state index contributed by atoms with van der Waals surface area (Å²) >= 11 is 6.04. The van der Waals surface area contributed by atoms with Crippen molar-refractivity contribution >= 4 is 52.3 Å². The molecule has 0 radical (unpaired) electrons. The summed E-state index contributed by atoms with van der Waals surface area (Å²) in [5, 5.41) is 5.00. The highest BCUT2D eigenvalue weighted by molar-refractivity contribution is 6.31. The summed E-state index contributed by atoms with van der Waals surface area (Å²) in [6.07, 6.45) is 0. The first kappa shape index (κ1) is 18.0. The molecule has 0 saturated heterocycles. The summed E-state index contributed by atoms with van der Waals surface area (Å²) in [6.45, 7) is 1.94. The summed E-state index contributed by atoms with van der Waals surface area (Å²) in [5.41, 5.74) is 4.06. The van der Waals surface area contributed by atoms with Gasteiger partial charge in [-0.2, -0.15) is 0 Å². The average molecular weight is 363 g/mol. The molecule has 0 aliphatic rings. The van der Waals surface area contributed by atoms with Crippen molar-refractivity contribution in [1.82, 2.24) is 4.98 Å². The van der Waals surface area contributed by atoms with Crippen LogP contribution in [0.15, 0.2) is 48.5 Å². The molecule has 0 aliphatic heterocycles.